The number of benzene rings is 1. The van der Waals surface area contributed by atoms with E-state index in [9.17, 15) is 0 Å². The zero-order chi connectivity index (χ0) is 12.8. The van der Waals surface area contributed by atoms with Gasteiger partial charge in [0, 0.05) is 17.8 Å². The van der Waals surface area contributed by atoms with Crippen LogP contribution in [0.15, 0.2) is 42.6 Å². The Morgan fingerprint density at radius 1 is 1.17 bits per heavy atom. The fraction of sp³-hybridized carbons (Fsp3) is 0.214. The van der Waals surface area contributed by atoms with Crippen molar-refractivity contribution in [1.82, 2.24) is 4.98 Å². The van der Waals surface area contributed by atoms with Crippen LogP contribution in [-0.2, 0) is 24.5 Å². The maximum absolute atomic E-state index is 6.05. The first kappa shape index (κ1) is 13.0. The zero-order valence-electron chi connectivity index (χ0n) is 9.97. The van der Waals surface area contributed by atoms with Crippen LogP contribution in [0.25, 0.3) is 0 Å². The van der Waals surface area contributed by atoms with Crippen molar-refractivity contribution in [2.75, 3.05) is 0 Å². The van der Waals surface area contributed by atoms with E-state index in [0.29, 0.717) is 19.8 Å². The van der Waals surface area contributed by atoms with Gasteiger partial charge in [0.1, 0.15) is 0 Å². The van der Waals surface area contributed by atoms with Crippen molar-refractivity contribution in [3.63, 3.8) is 0 Å². The monoisotopic (exact) mass is 262 g/mol. The molecular weight excluding hydrogens is 248 g/mol. The number of nitrogens with two attached hydrogens (primary N) is 1. The van der Waals surface area contributed by atoms with E-state index < -0.39 is 0 Å². The normalized spacial score (nSPS) is 10.6. The topological polar surface area (TPSA) is 48.1 Å². The molecule has 0 spiro atoms. The summed E-state index contributed by atoms with van der Waals surface area (Å²) in [6, 6.07) is 11.5. The summed E-state index contributed by atoms with van der Waals surface area (Å²) in [6.07, 6.45) is 1.75. The molecule has 1 heterocycles. The molecule has 4 heteroatoms. The molecule has 0 aliphatic rings. The second-order valence-corrected chi connectivity index (χ2v) is 4.35. The molecule has 18 heavy (non-hydrogen) atoms. The van der Waals surface area contributed by atoms with E-state index in [1.165, 1.54) is 0 Å². The second kappa shape index (κ2) is 6.50. The van der Waals surface area contributed by atoms with Crippen molar-refractivity contribution in [1.29, 1.82) is 0 Å². The molecule has 2 N–H and O–H groups in total. The highest BCUT2D eigenvalue weighted by atomic mass is 35.5. The lowest BCUT2D eigenvalue weighted by atomic mass is 10.2. The van der Waals surface area contributed by atoms with Gasteiger partial charge in [0.05, 0.1) is 18.9 Å². The summed E-state index contributed by atoms with van der Waals surface area (Å²) in [4.78, 5) is 4.14. The molecule has 0 unspecified atom stereocenters. The molecule has 0 fully saturated rings. The number of aromatic nitrogens is 1. The third-order valence-corrected chi connectivity index (χ3v) is 2.94. The maximum atomic E-state index is 6.05. The molecule has 0 radical (unpaired) electrons. The standard InChI is InChI=1S/C14H15ClN2O/c15-14-4-2-1-3-12(14)10-18-9-11-5-6-17-13(7-11)8-16/h1-7H,8-10,16H2. The van der Waals surface area contributed by atoms with E-state index in [1.54, 1.807) is 6.20 Å². The molecule has 2 rings (SSSR count). The van der Waals surface area contributed by atoms with Crippen molar-refractivity contribution in [2.24, 2.45) is 5.73 Å². The fourth-order valence-corrected chi connectivity index (χ4v) is 1.81. The smallest absolute Gasteiger partial charge is 0.0735 e. The Kier molecular flexibility index (Phi) is 4.70. The molecule has 1 aromatic carbocycles. The third kappa shape index (κ3) is 3.53. The predicted molar refractivity (Wildman–Crippen MR) is 72.1 cm³/mol. The fourth-order valence-electron chi connectivity index (χ4n) is 1.62. The number of ether oxygens (including phenoxy) is 1. The van der Waals surface area contributed by atoms with E-state index in [0.717, 1.165) is 21.8 Å². The first-order valence-electron chi connectivity index (χ1n) is 5.74. The highest BCUT2D eigenvalue weighted by molar-refractivity contribution is 6.31. The van der Waals surface area contributed by atoms with Crippen LogP contribution in [0.5, 0.6) is 0 Å². The van der Waals surface area contributed by atoms with Crippen LogP contribution < -0.4 is 5.73 Å². The summed E-state index contributed by atoms with van der Waals surface area (Å²) in [5.41, 5.74) is 8.47. The van der Waals surface area contributed by atoms with Gasteiger partial charge in [-0.1, -0.05) is 29.8 Å². The molecule has 0 aliphatic heterocycles. The Labute approximate surface area is 112 Å². The van der Waals surface area contributed by atoms with Gasteiger partial charge in [-0.2, -0.15) is 0 Å². The van der Waals surface area contributed by atoms with Gasteiger partial charge >= 0.3 is 0 Å². The quantitative estimate of drug-likeness (QED) is 0.901. The molecule has 0 amide bonds. The van der Waals surface area contributed by atoms with Gasteiger partial charge < -0.3 is 10.5 Å². The van der Waals surface area contributed by atoms with E-state index >= 15 is 0 Å². The molecule has 0 bridgehead atoms. The average molecular weight is 263 g/mol. The summed E-state index contributed by atoms with van der Waals surface area (Å²) >= 11 is 6.05. The van der Waals surface area contributed by atoms with Crippen molar-refractivity contribution < 1.29 is 4.74 Å². The largest absolute Gasteiger partial charge is 0.372 e. The molecule has 0 saturated heterocycles. The number of halogens is 1. The van der Waals surface area contributed by atoms with Gasteiger partial charge in [-0.05, 0) is 29.3 Å². The number of pyridine rings is 1. The highest BCUT2D eigenvalue weighted by Crippen LogP contribution is 2.16. The number of nitrogens with zero attached hydrogens (tertiary/aromatic N) is 1. The van der Waals surface area contributed by atoms with Crippen molar-refractivity contribution in [3.05, 3.63) is 64.4 Å². The third-order valence-electron chi connectivity index (χ3n) is 2.57. The first-order valence-corrected chi connectivity index (χ1v) is 6.12. The second-order valence-electron chi connectivity index (χ2n) is 3.94. The molecule has 2 aromatic rings. The number of rotatable bonds is 5. The van der Waals surface area contributed by atoms with Crippen LogP contribution in [-0.4, -0.2) is 4.98 Å². The summed E-state index contributed by atoms with van der Waals surface area (Å²) < 4.78 is 5.63. The minimum absolute atomic E-state index is 0.443. The molecule has 94 valence electrons. The minimum atomic E-state index is 0.443. The van der Waals surface area contributed by atoms with Crippen LogP contribution >= 0.6 is 11.6 Å². The van der Waals surface area contributed by atoms with Crippen molar-refractivity contribution in [3.8, 4) is 0 Å². The lowest BCUT2D eigenvalue weighted by Gasteiger charge is -2.07. The summed E-state index contributed by atoms with van der Waals surface area (Å²) in [7, 11) is 0. The van der Waals surface area contributed by atoms with E-state index in [4.69, 9.17) is 22.1 Å². The lowest BCUT2D eigenvalue weighted by Crippen LogP contribution is -2.01. The predicted octanol–water partition coefficient (Wildman–Crippen LogP) is 2.91. The SMILES string of the molecule is NCc1cc(COCc2ccccc2Cl)ccn1. The molecule has 0 aliphatic carbocycles. The molecule has 0 atom stereocenters. The van der Waals surface area contributed by atoms with Crippen LogP contribution in [0.3, 0.4) is 0 Å². The number of hydrogen-bond donors (Lipinski definition) is 1. The van der Waals surface area contributed by atoms with Crippen LogP contribution in [0.2, 0.25) is 5.02 Å². The van der Waals surface area contributed by atoms with Crippen LogP contribution in [0.4, 0.5) is 0 Å². The Morgan fingerprint density at radius 3 is 2.78 bits per heavy atom. The molecule has 1 aromatic heterocycles. The minimum Gasteiger partial charge on any atom is -0.372 e. The molecule has 0 saturated carbocycles. The highest BCUT2D eigenvalue weighted by Gasteiger charge is 2.00. The molecular formula is C14H15ClN2O. The van der Waals surface area contributed by atoms with E-state index in [1.807, 2.05) is 36.4 Å². The van der Waals surface area contributed by atoms with Crippen molar-refractivity contribution >= 4 is 11.6 Å². The Hall–Kier alpha value is -1.42. The van der Waals surface area contributed by atoms with E-state index in [2.05, 4.69) is 4.98 Å². The van der Waals surface area contributed by atoms with Gasteiger partial charge in [0.2, 0.25) is 0 Å². The van der Waals surface area contributed by atoms with Crippen LogP contribution in [0, 0.1) is 0 Å². The zero-order valence-corrected chi connectivity index (χ0v) is 10.7. The maximum Gasteiger partial charge on any atom is 0.0735 e. The van der Waals surface area contributed by atoms with Gasteiger partial charge in [-0.25, -0.2) is 0 Å². The number of hydrogen-bond acceptors (Lipinski definition) is 3. The average Bonchev–Trinajstić information content (AvgIpc) is 2.41. The Balaban J connectivity index is 1.90. The molecule has 3 nitrogen and oxygen atoms in total. The van der Waals surface area contributed by atoms with Gasteiger partial charge in [0.15, 0.2) is 0 Å². The summed E-state index contributed by atoms with van der Waals surface area (Å²) in [5, 5.41) is 0.731. The van der Waals surface area contributed by atoms with Gasteiger partial charge in [0.25, 0.3) is 0 Å². The first-order chi connectivity index (χ1) is 8.79. The summed E-state index contributed by atoms with van der Waals surface area (Å²) in [6.45, 7) is 1.47. The van der Waals surface area contributed by atoms with E-state index in [-0.39, 0.29) is 0 Å². The summed E-state index contributed by atoms with van der Waals surface area (Å²) in [5.74, 6) is 0. The van der Waals surface area contributed by atoms with Crippen LogP contribution in [0.1, 0.15) is 16.8 Å². The Bertz CT molecular complexity index is 517. The van der Waals surface area contributed by atoms with Crippen molar-refractivity contribution in [2.45, 2.75) is 19.8 Å². The lowest BCUT2D eigenvalue weighted by molar-refractivity contribution is 0.107. The Morgan fingerprint density at radius 2 is 2.00 bits per heavy atom. The van der Waals surface area contributed by atoms with Gasteiger partial charge in [-0.3, -0.25) is 4.98 Å². The van der Waals surface area contributed by atoms with Gasteiger partial charge in [-0.15, -0.1) is 0 Å².